The Balaban J connectivity index is 3.88. The van der Waals surface area contributed by atoms with Crippen LogP contribution in [0.3, 0.4) is 0 Å². The topological polar surface area (TPSA) is 17.1 Å². The van der Waals surface area contributed by atoms with E-state index in [1.54, 1.807) is 6.92 Å². The van der Waals surface area contributed by atoms with Gasteiger partial charge in [0.25, 0.3) is 0 Å². The molecule has 0 amide bonds. The van der Waals surface area contributed by atoms with E-state index in [2.05, 4.69) is 6.58 Å². The first-order chi connectivity index (χ1) is 4.09. The molecule has 1 nitrogen and oxygen atoms in total. The van der Waals surface area contributed by atoms with Crippen LogP contribution in [0.2, 0.25) is 0 Å². The van der Waals surface area contributed by atoms with Crippen LogP contribution in [0.5, 0.6) is 0 Å². The van der Waals surface area contributed by atoms with Crippen LogP contribution in [-0.4, -0.2) is 5.78 Å². The van der Waals surface area contributed by atoms with E-state index in [1.807, 2.05) is 13.8 Å². The highest BCUT2D eigenvalue weighted by atomic mass is 16.1. The van der Waals surface area contributed by atoms with Crippen molar-refractivity contribution in [3.63, 3.8) is 0 Å². The predicted molar refractivity (Wildman–Crippen MR) is 39.3 cm³/mol. The zero-order chi connectivity index (χ0) is 7.44. The molecule has 0 aromatic heterocycles. The summed E-state index contributed by atoms with van der Waals surface area (Å²) in [5.74, 6) is 0.347. The molecule has 0 aromatic carbocycles. The maximum Gasteiger partial charge on any atom is 0.160 e. The minimum atomic E-state index is 0.155. The van der Waals surface area contributed by atoms with Crippen molar-refractivity contribution in [3.05, 3.63) is 12.2 Å². The maximum atomic E-state index is 11.0. The lowest BCUT2D eigenvalue weighted by molar-refractivity contribution is -0.118. The van der Waals surface area contributed by atoms with Gasteiger partial charge in [-0.25, -0.2) is 0 Å². The second-order valence-corrected chi connectivity index (χ2v) is 2.45. The lowest BCUT2D eigenvalue weighted by Gasteiger charge is -2.04. The average Bonchev–Trinajstić information content (AvgIpc) is 1.84. The molecule has 0 saturated carbocycles. The SMILES string of the molecule is C=C(C)C(=O)C(C)CC. The average molecular weight is 126 g/mol. The number of rotatable bonds is 3. The number of hydrogen-bond acceptors (Lipinski definition) is 1. The molecule has 0 radical (unpaired) electrons. The first-order valence-electron chi connectivity index (χ1n) is 3.29. The summed E-state index contributed by atoms with van der Waals surface area (Å²) in [6.07, 6.45) is 0.908. The van der Waals surface area contributed by atoms with Gasteiger partial charge in [-0.15, -0.1) is 0 Å². The largest absolute Gasteiger partial charge is 0.294 e. The second kappa shape index (κ2) is 3.44. The lowest BCUT2D eigenvalue weighted by atomic mass is 9.99. The minimum Gasteiger partial charge on any atom is -0.294 e. The zero-order valence-electron chi connectivity index (χ0n) is 6.40. The Kier molecular flexibility index (Phi) is 3.21. The van der Waals surface area contributed by atoms with E-state index >= 15 is 0 Å². The monoisotopic (exact) mass is 126 g/mol. The number of allylic oxidation sites excluding steroid dienone is 1. The van der Waals surface area contributed by atoms with Gasteiger partial charge in [-0.3, -0.25) is 4.79 Å². The molecule has 52 valence electrons. The van der Waals surface area contributed by atoms with Crippen LogP contribution < -0.4 is 0 Å². The molecule has 0 aliphatic heterocycles. The number of Topliss-reactive ketones (excluding diaryl/α,β-unsaturated/α-hetero) is 1. The highest BCUT2D eigenvalue weighted by Crippen LogP contribution is 2.06. The van der Waals surface area contributed by atoms with Crippen molar-refractivity contribution in [2.24, 2.45) is 5.92 Å². The van der Waals surface area contributed by atoms with Gasteiger partial charge in [0, 0.05) is 5.92 Å². The molecule has 1 atom stereocenters. The quantitative estimate of drug-likeness (QED) is 0.530. The van der Waals surface area contributed by atoms with Crippen LogP contribution in [0.25, 0.3) is 0 Å². The summed E-state index contributed by atoms with van der Waals surface area (Å²) in [6, 6.07) is 0. The van der Waals surface area contributed by atoms with Crippen molar-refractivity contribution < 1.29 is 4.79 Å². The van der Waals surface area contributed by atoms with Gasteiger partial charge in [-0.05, 0) is 18.9 Å². The number of hydrogen-bond donors (Lipinski definition) is 0. The maximum absolute atomic E-state index is 11.0. The third-order valence-corrected chi connectivity index (χ3v) is 1.48. The summed E-state index contributed by atoms with van der Waals surface area (Å²) in [5.41, 5.74) is 0.671. The third kappa shape index (κ3) is 2.45. The molecule has 0 aliphatic carbocycles. The Bertz CT molecular complexity index is 125. The summed E-state index contributed by atoms with van der Waals surface area (Å²) in [4.78, 5) is 11.0. The van der Waals surface area contributed by atoms with E-state index < -0.39 is 0 Å². The highest BCUT2D eigenvalue weighted by Gasteiger charge is 2.09. The third-order valence-electron chi connectivity index (χ3n) is 1.48. The van der Waals surface area contributed by atoms with Crippen LogP contribution in [-0.2, 0) is 4.79 Å². The van der Waals surface area contributed by atoms with Gasteiger partial charge in [0.1, 0.15) is 0 Å². The van der Waals surface area contributed by atoms with Crippen LogP contribution in [0.15, 0.2) is 12.2 Å². The van der Waals surface area contributed by atoms with Gasteiger partial charge in [-0.2, -0.15) is 0 Å². The molecule has 0 fully saturated rings. The molecule has 0 heterocycles. The van der Waals surface area contributed by atoms with E-state index in [1.165, 1.54) is 0 Å². The van der Waals surface area contributed by atoms with Crippen molar-refractivity contribution in [3.8, 4) is 0 Å². The fourth-order valence-corrected chi connectivity index (χ4v) is 0.606. The first kappa shape index (κ1) is 8.41. The molecule has 0 bridgehead atoms. The molecule has 0 spiro atoms. The lowest BCUT2D eigenvalue weighted by Crippen LogP contribution is -2.09. The smallest absolute Gasteiger partial charge is 0.160 e. The summed E-state index contributed by atoms with van der Waals surface area (Å²) in [7, 11) is 0. The minimum absolute atomic E-state index is 0.155. The fourth-order valence-electron chi connectivity index (χ4n) is 0.606. The predicted octanol–water partition coefficient (Wildman–Crippen LogP) is 2.18. The van der Waals surface area contributed by atoms with E-state index in [9.17, 15) is 4.79 Å². The molecular formula is C8H14O. The Morgan fingerprint density at radius 2 is 2.11 bits per heavy atom. The van der Waals surface area contributed by atoms with Crippen molar-refractivity contribution in [2.75, 3.05) is 0 Å². The van der Waals surface area contributed by atoms with Crippen molar-refractivity contribution in [2.45, 2.75) is 27.2 Å². The van der Waals surface area contributed by atoms with E-state index in [-0.39, 0.29) is 11.7 Å². The summed E-state index contributed by atoms with van der Waals surface area (Å²) < 4.78 is 0. The fraction of sp³-hybridized carbons (Fsp3) is 0.625. The molecule has 9 heavy (non-hydrogen) atoms. The molecule has 0 N–H and O–H groups in total. The normalized spacial score (nSPS) is 12.8. The van der Waals surface area contributed by atoms with Gasteiger partial charge in [0.15, 0.2) is 5.78 Å². The second-order valence-electron chi connectivity index (χ2n) is 2.45. The molecule has 0 aliphatic rings. The van der Waals surface area contributed by atoms with Crippen LogP contribution in [0.4, 0.5) is 0 Å². The summed E-state index contributed by atoms with van der Waals surface area (Å²) >= 11 is 0. The van der Waals surface area contributed by atoms with Gasteiger partial charge >= 0.3 is 0 Å². The molecule has 0 rings (SSSR count). The molecular weight excluding hydrogens is 112 g/mol. The standard InChI is InChI=1S/C8H14O/c1-5-7(4)8(9)6(2)3/h7H,2,5H2,1,3-4H3. The molecule has 0 saturated heterocycles. The Labute approximate surface area is 56.8 Å². The Morgan fingerprint density at radius 1 is 1.67 bits per heavy atom. The van der Waals surface area contributed by atoms with Crippen molar-refractivity contribution >= 4 is 5.78 Å². The van der Waals surface area contributed by atoms with Crippen LogP contribution in [0.1, 0.15) is 27.2 Å². The number of carbonyl (C=O) groups is 1. The Hall–Kier alpha value is -0.590. The van der Waals surface area contributed by atoms with Crippen LogP contribution in [0, 0.1) is 5.92 Å². The van der Waals surface area contributed by atoms with Gasteiger partial charge in [0.05, 0.1) is 0 Å². The zero-order valence-corrected chi connectivity index (χ0v) is 6.40. The van der Waals surface area contributed by atoms with Crippen LogP contribution >= 0.6 is 0 Å². The molecule has 0 aromatic rings. The van der Waals surface area contributed by atoms with E-state index in [0.29, 0.717) is 5.57 Å². The van der Waals surface area contributed by atoms with Gasteiger partial charge < -0.3 is 0 Å². The van der Waals surface area contributed by atoms with Crippen molar-refractivity contribution in [1.29, 1.82) is 0 Å². The Morgan fingerprint density at radius 3 is 2.22 bits per heavy atom. The summed E-state index contributed by atoms with van der Waals surface area (Å²) in [6.45, 7) is 9.27. The summed E-state index contributed by atoms with van der Waals surface area (Å²) in [5, 5.41) is 0. The van der Waals surface area contributed by atoms with E-state index in [0.717, 1.165) is 6.42 Å². The first-order valence-corrected chi connectivity index (χ1v) is 3.29. The molecule has 1 unspecified atom stereocenters. The highest BCUT2D eigenvalue weighted by molar-refractivity contribution is 5.95. The van der Waals surface area contributed by atoms with E-state index in [4.69, 9.17) is 0 Å². The van der Waals surface area contributed by atoms with Gasteiger partial charge in [0.2, 0.25) is 0 Å². The van der Waals surface area contributed by atoms with Crippen molar-refractivity contribution in [1.82, 2.24) is 0 Å². The number of carbonyl (C=O) groups excluding carboxylic acids is 1. The number of ketones is 1. The molecule has 1 heteroatoms. The van der Waals surface area contributed by atoms with Gasteiger partial charge in [-0.1, -0.05) is 20.4 Å².